The van der Waals surface area contributed by atoms with Gasteiger partial charge in [-0.2, -0.15) is 4.98 Å². The van der Waals surface area contributed by atoms with Crippen molar-refractivity contribution in [3.05, 3.63) is 35.4 Å². The van der Waals surface area contributed by atoms with E-state index in [1.54, 1.807) is 6.07 Å². The molecule has 1 saturated heterocycles. The number of aliphatic hydroxyl groups is 1. The number of hydrogen-bond acceptors (Lipinski definition) is 7. The number of amides is 1. The summed E-state index contributed by atoms with van der Waals surface area (Å²) < 4.78 is 25.3. The Bertz CT molecular complexity index is 964. The molecule has 2 N–H and O–H groups in total. The van der Waals surface area contributed by atoms with Crippen LogP contribution in [0.4, 0.5) is 10.4 Å². The average Bonchev–Trinajstić information content (AvgIpc) is 3.30. The van der Waals surface area contributed by atoms with Crippen LogP contribution in [0.5, 0.6) is 5.75 Å². The highest BCUT2D eigenvalue weighted by Gasteiger charge is 2.45. The fourth-order valence-corrected chi connectivity index (χ4v) is 5.14. The van der Waals surface area contributed by atoms with Gasteiger partial charge in [0.25, 0.3) is 5.91 Å². The van der Waals surface area contributed by atoms with Gasteiger partial charge in [-0.1, -0.05) is 19.0 Å². The van der Waals surface area contributed by atoms with E-state index in [1.807, 2.05) is 0 Å². The maximum absolute atomic E-state index is 14.2. The van der Waals surface area contributed by atoms with Crippen molar-refractivity contribution in [2.45, 2.75) is 58.3 Å². The van der Waals surface area contributed by atoms with Crippen molar-refractivity contribution in [3.8, 4) is 5.75 Å². The number of carbonyl (C=O) groups excluding carboxylic acids is 1. The smallest absolute Gasteiger partial charge is 0.324 e. The molecule has 34 heavy (non-hydrogen) atoms. The third kappa shape index (κ3) is 5.68. The molecule has 1 aliphatic carbocycles. The maximum atomic E-state index is 14.2. The molecule has 2 fully saturated rings. The van der Waals surface area contributed by atoms with Crippen LogP contribution in [0, 0.1) is 17.2 Å². The predicted octanol–water partition coefficient (Wildman–Crippen LogP) is 3.91. The molecule has 2 aliphatic rings. The van der Waals surface area contributed by atoms with Gasteiger partial charge in [0.2, 0.25) is 0 Å². The molecule has 2 heterocycles. The van der Waals surface area contributed by atoms with E-state index in [0.717, 1.165) is 50.5 Å². The van der Waals surface area contributed by atoms with E-state index in [4.69, 9.17) is 14.4 Å². The molecule has 2 aromatic rings. The van der Waals surface area contributed by atoms with Gasteiger partial charge in [-0.3, -0.25) is 4.79 Å². The largest absolute Gasteiger partial charge is 0.493 e. The fourth-order valence-electron chi connectivity index (χ4n) is 5.14. The molecule has 1 aromatic carbocycles. The number of rotatable bonds is 10. The standard InChI is InChI=1S/C25H35FN4O4/c1-17(2)22-28-24(34-29-22)30-10-7-25(8-11-30)15-18(16-25)4-3-13-33-19-5-6-20(21(26)14-19)23(32)27-9-12-31/h5-6,14,17-18,31H,3-4,7-13,15-16H2,1-2H3,(H,27,32). The van der Waals surface area contributed by atoms with Crippen molar-refractivity contribution >= 4 is 11.9 Å². The number of ether oxygens (including phenoxy) is 1. The number of benzene rings is 1. The normalized spacial score (nSPS) is 17.7. The van der Waals surface area contributed by atoms with Crippen LogP contribution in [0.3, 0.4) is 0 Å². The van der Waals surface area contributed by atoms with E-state index in [9.17, 15) is 9.18 Å². The molecule has 0 unspecified atom stereocenters. The second-order valence-electron chi connectivity index (χ2n) is 9.96. The molecule has 8 nitrogen and oxygen atoms in total. The van der Waals surface area contributed by atoms with Crippen molar-refractivity contribution in [3.63, 3.8) is 0 Å². The number of aliphatic hydroxyl groups excluding tert-OH is 1. The molecule has 1 aliphatic heterocycles. The van der Waals surface area contributed by atoms with Crippen molar-refractivity contribution in [2.75, 3.05) is 37.7 Å². The Balaban J connectivity index is 1.14. The molecule has 1 saturated carbocycles. The topological polar surface area (TPSA) is 101 Å². The first-order valence-corrected chi connectivity index (χ1v) is 12.3. The second-order valence-corrected chi connectivity index (χ2v) is 9.96. The number of anilines is 1. The van der Waals surface area contributed by atoms with Crippen LogP contribution >= 0.6 is 0 Å². The number of carbonyl (C=O) groups is 1. The predicted molar refractivity (Wildman–Crippen MR) is 126 cm³/mol. The number of aromatic nitrogens is 2. The van der Waals surface area contributed by atoms with Gasteiger partial charge in [0.05, 0.1) is 18.8 Å². The summed E-state index contributed by atoms with van der Waals surface area (Å²) in [6, 6.07) is 4.92. The maximum Gasteiger partial charge on any atom is 0.324 e. The van der Waals surface area contributed by atoms with Crippen molar-refractivity contribution in [1.82, 2.24) is 15.5 Å². The van der Waals surface area contributed by atoms with Crippen LogP contribution in [-0.2, 0) is 0 Å². The fraction of sp³-hybridized carbons (Fsp3) is 0.640. The van der Waals surface area contributed by atoms with Crippen LogP contribution < -0.4 is 15.0 Å². The van der Waals surface area contributed by atoms with E-state index < -0.39 is 11.7 Å². The lowest BCUT2D eigenvalue weighted by Crippen LogP contribution is -2.47. The zero-order valence-electron chi connectivity index (χ0n) is 20.1. The Hall–Kier alpha value is -2.68. The summed E-state index contributed by atoms with van der Waals surface area (Å²) in [6.07, 6.45) is 6.88. The number of nitrogens with one attached hydrogen (secondary N) is 1. The van der Waals surface area contributed by atoms with Crippen LogP contribution in [0.1, 0.15) is 74.5 Å². The summed E-state index contributed by atoms with van der Waals surface area (Å²) in [6.45, 7) is 6.50. The first-order valence-electron chi connectivity index (χ1n) is 12.3. The van der Waals surface area contributed by atoms with Crippen LogP contribution in [0.2, 0.25) is 0 Å². The van der Waals surface area contributed by atoms with Crippen molar-refractivity contribution < 1.29 is 23.6 Å². The highest BCUT2D eigenvalue weighted by atomic mass is 19.1. The monoisotopic (exact) mass is 474 g/mol. The third-order valence-corrected chi connectivity index (χ3v) is 7.09. The molecular weight excluding hydrogens is 439 g/mol. The Labute approximate surface area is 199 Å². The summed E-state index contributed by atoms with van der Waals surface area (Å²) in [7, 11) is 0. The molecule has 0 atom stereocenters. The molecule has 9 heteroatoms. The van der Waals surface area contributed by atoms with Gasteiger partial charge >= 0.3 is 6.01 Å². The van der Waals surface area contributed by atoms with Crippen LogP contribution in [-0.4, -0.2) is 54.0 Å². The minimum atomic E-state index is -0.624. The van der Waals surface area contributed by atoms with Gasteiger partial charge in [-0.05, 0) is 62.0 Å². The Morgan fingerprint density at radius 1 is 1.35 bits per heavy atom. The Kier molecular flexibility index (Phi) is 7.70. The van der Waals surface area contributed by atoms with E-state index in [2.05, 4.69) is 34.2 Å². The molecule has 1 amide bonds. The van der Waals surface area contributed by atoms with E-state index in [1.165, 1.54) is 25.0 Å². The van der Waals surface area contributed by atoms with E-state index >= 15 is 0 Å². The molecular formula is C25H35FN4O4. The van der Waals surface area contributed by atoms with Gasteiger partial charge in [0.15, 0.2) is 5.82 Å². The number of halogens is 1. The molecule has 1 aromatic heterocycles. The van der Waals surface area contributed by atoms with Gasteiger partial charge in [0.1, 0.15) is 11.6 Å². The van der Waals surface area contributed by atoms with E-state index in [0.29, 0.717) is 23.8 Å². The Morgan fingerprint density at radius 3 is 2.76 bits per heavy atom. The molecule has 0 bridgehead atoms. The zero-order valence-corrected chi connectivity index (χ0v) is 20.1. The highest BCUT2D eigenvalue weighted by Crippen LogP contribution is 2.54. The van der Waals surface area contributed by atoms with E-state index in [-0.39, 0.29) is 24.6 Å². The summed E-state index contributed by atoms with van der Waals surface area (Å²) in [4.78, 5) is 18.6. The molecule has 186 valence electrons. The highest BCUT2D eigenvalue weighted by molar-refractivity contribution is 5.94. The van der Waals surface area contributed by atoms with Gasteiger partial charge in [-0.15, -0.1) is 0 Å². The minimum absolute atomic E-state index is 0.0499. The Morgan fingerprint density at radius 2 is 2.12 bits per heavy atom. The first kappa shape index (κ1) is 24.4. The lowest BCUT2D eigenvalue weighted by atomic mass is 9.56. The number of piperidine rings is 1. The van der Waals surface area contributed by atoms with Crippen molar-refractivity contribution in [1.29, 1.82) is 0 Å². The van der Waals surface area contributed by atoms with Crippen molar-refractivity contribution in [2.24, 2.45) is 11.3 Å². The third-order valence-electron chi connectivity index (χ3n) is 7.09. The lowest BCUT2D eigenvalue weighted by Gasteiger charge is -2.52. The minimum Gasteiger partial charge on any atom is -0.493 e. The quantitative estimate of drug-likeness (QED) is 0.504. The molecule has 0 radical (unpaired) electrons. The molecule has 4 rings (SSSR count). The van der Waals surface area contributed by atoms with Gasteiger partial charge < -0.3 is 24.6 Å². The first-order chi connectivity index (χ1) is 16.4. The summed E-state index contributed by atoms with van der Waals surface area (Å²) >= 11 is 0. The summed E-state index contributed by atoms with van der Waals surface area (Å²) in [5.41, 5.74) is 0.407. The zero-order chi connectivity index (χ0) is 24.1. The van der Waals surface area contributed by atoms with Crippen LogP contribution in [0.15, 0.2) is 22.7 Å². The summed E-state index contributed by atoms with van der Waals surface area (Å²) in [5.74, 6) is 1.02. The number of hydrogen-bond donors (Lipinski definition) is 2. The van der Waals surface area contributed by atoms with Gasteiger partial charge in [0, 0.05) is 31.6 Å². The molecule has 1 spiro atoms. The average molecular weight is 475 g/mol. The SMILES string of the molecule is CC(C)c1noc(N2CCC3(CC2)CC(CCCOc2ccc(C(=O)NCCO)c(F)c2)C3)n1. The lowest BCUT2D eigenvalue weighted by molar-refractivity contribution is 0.0198. The van der Waals surface area contributed by atoms with Gasteiger partial charge in [-0.25, -0.2) is 4.39 Å². The second kappa shape index (κ2) is 10.7. The number of nitrogens with zero attached hydrogens (tertiary/aromatic N) is 3. The van der Waals surface area contributed by atoms with Crippen LogP contribution in [0.25, 0.3) is 0 Å². The summed E-state index contributed by atoms with van der Waals surface area (Å²) in [5, 5.41) is 15.3.